The molecule has 2 aliphatic rings. The molecule has 2 aliphatic heterocycles. The molecule has 0 spiro atoms. The van der Waals surface area contributed by atoms with Crippen LogP contribution in [0.15, 0.2) is 6.20 Å². The Bertz CT molecular complexity index is 527. The molecule has 3 atom stereocenters. The quantitative estimate of drug-likeness (QED) is 0.612. The summed E-state index contributed by atoms with van der Waals surface area (Å²) >= 11 is 0. The summed E-state index contributed by atoms with van der Waals surface area (Å²) in [5.41, 5.74) is 0. The number of hydrogen-bond acceptors (Lipinski definition) is 6. The Balaban J connectivity index is 1.73. The number of rotatable bonds is 5. The lowest BCUT2D eigenvalue weighted by Crippen LogP contribution is -2.44. The van der Waals surface area contributed by atoms with Gasteiger partial charge < -0.3 is 24.3 Å². The molecule has 1 aromatic rings. The highest BCUT2D eigenvalue weighted by molar-refractivity contribution is 5.22. The number of fused-ring (bicyclic) bond motifs is 1. The fourth-order valence-electron chi connectivity index (χ4n) is 2.89. The molecule has 0 N–H and O–H groups in total. The van der Waals surface area contributed by atoms with Crippen molar-refractivity contribution in [1.29, 1.82) is 0 Å². The second-order valence-corrected chi connectivity index (χ2v) is 5.71. The average molecular weight is 311 g/mol. The van der Waals surface area contributed by atoms with E-state index in [-0.39, 0.29) is 24.3 Å². The minimum Gasteiger partial charge on any atom is -0.440 e. The fourth-order valence-corrected chi connectivity index (χ4v) is 2.89. The van der Waals surface area contributed by atoms with E-state index in [0.29, 0.717) is 12.6 Å². The van der Waals surface area contributed by atoms with Gasteiger partial charge in [-0.1, -0.05) is 13.3 Å². The highest BCUT2D eigenvalue weighted by Crippen LogP contribution is 2.29. The number of nitro groups is 1. The zero-order valence-corrected chi connectivity index (χ0v) is 12.6. The standard InChI is InChI=1S/C14H21N3O5/c1-2-5-10-11(21-13-6-3-4-7-20-13)8-16-9-12(17(18)19)15-14(16)22-10/h9-11,13H,2-8H2,1H3/t10-,11+,13?/m0/s1. The molecule has 0 aliphatic carbocycles. The Hall–Kier alpha value is -1.67. The zero-order valence-electron chi connectivity index (χ0n) is 12.6. The molecule has 1 saturated heterocycles. The van der Waals surface area contributed by atoms with E-state index in [9.17, 15) is 10.1 Å². The Kier molecular flexibility index (Phi) is 4.58. The van der Waals surface area contributed by atoms with Crippen LogP contribution in [-0.4, -0.2) is 39.6 Å². The van der Waals surface area contributed by atoms with Gasteiger partial charge in [0.25, 0.3) is 0 Å². The molecule has 0 amide bonds. The van der Waals surface area contributed by atoms with Crippen molar-refractivity contribution in [3.63, 3.8) is 0 Å². The molecule has 0 saturated carbocycles. The largest absolute Gasteiger partial charge is 0.440 e. The Morgan fingerprint density at radius 1 is 1.55 bits per heavy atom. The Labute approximate surface area is 128 Å². The van der Waals surface area contributed by atoms with Crippen molar-refractivity contribution < 1.29 is 19.1 Å². The van der Waals surface area contributed by atoms with Crippen molar-refractivity contribution >= 4 is 5.82 Å². The van der Waals surface area contributed by atoms with Gasteiger partial charge in [-0.3, -0.25) is 4.57 Å². The smallest absolute Gasteiger partial charge is 0.414 e. The van der Waals surface area contributed by atoms with Gasteiger partial charge >= 0.3 is 11.8 Å². The Morgan fingerprint density at radius 3 is 3.09 bits per heavy atom. The van der Waals surface area contributed by atoms with E-state index in [2.05, 4.69) is 11.9 Å². The lowest BCUT2D eigenvalue weighted by Gasteiger charge is -2.34. The van der Waals surface area contributed by atoms with Crippen LogP contribution >= 0.6 is 0 Å². The first-order valence-electron chi connectivity index (χ1n) is 7.82. The average Bonchev–Trinajstić information content (AvgIpc) is 2.92. The maximum absolute atomic E-state index is 10.8. The molecule has 1 unspecified atom stereocenters. The van der Waals surface area contributed by atoms with Gasteiger partial charge in [-0.2, -0.15) is 0 Å². The van der Waals surface area contributed by atoms with Crippen molar-refractivity contribution in [2.75, 3.05) is 6.61 Å². The summed E-state index contributed by atoms with van der Waals surface area (Å²) in [6, 6.07) is 0.301. The van der Waals surface area contributed by atoms with E-state index in [1.165, 1.54) is 6.20 Å². The SMILES string of the molecule is CCC[C@@H]1Oc2nc([N+](=O)[O-])cn2C[C@H]1OC1CCCCO1. The van der Waals surface area contributed by atoms with E-state index in [0.717, 1.165) is 38.7 Å². The van der Waals surface area contributed by atoms with E-state index in [4.69, 9.17) is 14.2 Å². The van der Waals surface area contributed by atoms with Crippen molar-refractivity contribution in [3.8, 4) is 6.01 Å². The molecule has 22 heavy (non-hydrogen) atoms. The summed E-state index contributed by atoms with van der Waals surface area (Å²) in [5, 5.41) is 10.8. The summed E-state index contributed by atoms with van der Waals surface area (Å²) in [6.45, 7) is 3.29. The molecular formula is C14H21N3O5. The monoisotopic (exact) mass is 311 g/mol. The third-order valence-electron chi connectivity index (χ3n) is 4.00. The van der Waals surface area contributed by atoms with E-state index < -0.39 is 4.92 Å². The molecule has 0 bridgehead atoms. The minimum absolute atomic E-state index is 0.148. The minimum atomic E-state index is -0.510. The predicted molar refractivity (Wildman–Crippen MR) is 76.7 cm³/mol. The number of aromatic nitrogens is 2. The number of nitrogens with zero attached hydrogens (tertiary/aromatic N) is 3. The van der Waals surface area contributed by atoms with Crippen LogP contribution in [0.2, 0.25) is 0 Å². The van der Waals surface area contributed by atoms with Crippen LogP contribution in [0.25, 0.3) is 0 Å². The predicted octanol–water partition coefficient (Wildman–Crippen LogP) is 2.26. The van der Waals surface area contributed by atoms with Crippen LogP contribution < -0.4 is 4.74 Å². The van der Waals surface area contributed by atoms with Crippen molar-refractivity contribution in [1.82, 2.24) is 9.55 Å². The number of hydrogen-bond donors (Lipinski definition) is 0. The summed E-state index contributed by atoms with van der Waals surface area (Å²) in [4.78, 5) is 14.3. The van der Waals surface area contributed by atoms with E-state index in [1.807, 2.05) is 0 Å². The lowest BCUT2D eigenvalue weighted by molar-refractivity contribution is -0.389. The van der Waals surface area contributed by atoms with Crippen LogP contribution in [-0.2, 0) is 16.0 Å². The van der Waals surface area contributed by atoms with Gasteiger partial charge in [-0.05, 0) is 30.6 Å². The highest BCUT2D eigenvalue weighted by atomic mass is 16.7. The molecule has 1 fully saturated rings. The van der Waals surface area contributed by atoms with Crippen LogP contribution in [0.1, 0.15) is 39.0 Å². The van der Waals surface area contributed by atoms with Crippen LogP contribution in [0.3, 0.4) is 0 Å². The Morgan fingerprint density at radius 2 is 2.41 bits per heavy atom. The molecule has 122 valence electrons. The van der Waals surface area contributed by atoms with Gasteiger partial charge in [-0.15, -0.1) is 0 Å². The summed E-state index contributed by atoms with van der Waals surface area (Å²) < 4.78 is 19.2. The fraction of sp³-hybridized carbons (Fsp3) is 0.786. The van der Waals surface area contributed by atoms with Gasteiger partial charge in [0.1, 0.15) is 18.4 Å². The van der Waals surface area contributed by atoms with Crippen LogP contribution in [0.5, 0.6) is 6.01 Å². The molecule has 8 heteroatoms. The van der Waals surface area contributed by atoms with Crippen molar-refractivity contribution in [3.05, 3.63) is 16.3 Å². The van der Waals surface area contributed by atoms with Gasteiger partial charge in [-0.25, -0.2) is 0 Å². The lowest BCUT2D eigenvalue weighted by atomic mass is 10.1. The molecule has 3 rings (SSSR count). The second-order valence-electron chi connectivity index (χ2n) is 5.71. The molecular weight excluding hydrogens is 290 g/mol. The zero-order chi connectivity index (χ0) is 15.5. The van der Waals surface area contributed by atoms with Gasteiger partial charge in [0.05, 0.1) is 6.54 Å². The van der Waals surface area contributed by atoms with Crippen LogP contribution in [0, 0.1) is 10.1 Å². The highest BCUT2D eigenvalue weighted by Gasteiger charge is 2.37. The normalized spacial score (nSPS) is 28.0. The van der Waals surface area contributed by atoms with Crippen molar-refractivity contribution in [2.45, 2.75) is 64.1 Å². The molecule has 1 aromatic heterocycles. The van der Waals surface area contributed by atoms with Gasteiger partial charge in [0.15, 0.2) is 6.29 Å². The summed E-state index contributed by atoms with van der Waals surface area (Å²) in [5.74, 6) is -0.195. The van der Waals surface area contributed by atoms with Gasteiger partial charge in [0.2, 0.25) is 0 Å². The van der Waals surface area contributed by atoms with Gasteiger partial charge in [0, 0.05) is 11.6 Å². The molecule has 0 aromatic carbocycles. The maximum atomic E-state index is 10.8. The summed E-state index contributed by atoms with van der Waals surface area (Å²) in [6.07, 6.45) is 5.67. The van der Waals surface area contributed by atoms with Crippen LogP contribution in [0.4, 0.5) is 5.82 Å². The first kappa shape index (κ1) is 15.2. The number of ether oxygens (including phenoxy) is 3. The van der Waals surface area contributed by atoms with E-state index >= 15 is 0 Å². The van der Waals surface area contributed by atoms with Crippen molar-refractivity contribution in [2.24, 2.45) is 0 Å². The topological polar surface area (TPSA) is 88.7 Å². The maximum Gasteiger partial charge on any atom is 0.414 e. The first-order valence-corrected chi connectivity index (χ1v) is 7.82. The third kappa shape index (κ3) is 3.22. The number of imidazole rings is 1. The summed E-state index contributed by atoms with van der Waals surface area (Å²) in [7, 11) is 0. The molecule has 8 nitrogen and oxygen atoms in total. The molecule has 0 radical (unpaired) electrons. The first-order chi connectivity index (χ1) is 10.7. The third-order valence-corrected chi connectivity index (χ3v) is 4.00. The molecule has 3 heterocycles. The van der Waals surface area contributed by atoms with E-state index in [1.54, 1.807) is 4.57 Å². The second kappa shape index (κ2) is 6.62.